The van der Waals surface area contributed by atoms with E-state index in [0.717, 1.165) is 47.0 Å². The van der Waals surface area contributed by atoms with Crippen molar-refractivity contribution < 1.29 is 14.7 Å². The summed E-state index contributed by atoms with van der Waals surface area (Å²) in [6.07, 6.45) is 3.87. The van der Waals surface area contributed by atoms with Crippen molar-refractivity contribution in [3.05, 3.63) is 69.2 Å². The Morgan fingerprint density at radius 1 is 1.06 bits per heavy atom. The number of likely N-dealkylation sites (tertiary alicyclic amines) is 1. The van der Waals surface area contributed by atoms with Gasteiger partial charge in [-0.3, -0.25) is 9.59 Å². The summed E-state index contributed by atoms with van der Waals surface area (Å²) in [6, 6.07) is 12.7. The third-order valence-corrected chi connectivity index (χ3v) is 7.24. The molecule has 1 aliphatic carbocycles. The fourth-order valence-corrected chi connectivity index (χ4v) is 4.89. The molecular weight excluding hydrogens is 456 g/mol. The third kappa shape index (κ3) is 3.89. The van der Waals surface area contributed by atoms with Crippen LogP contribution >= 0.6 is 15.9 Å². The second-order valence-electron chi connectivity index (χ2n) is 8.59. The summed E-state index contributed by atoms with van der Waals surface area (Å²) in [5, 5.41) is 11.2. The number of anilines is 1. The van der Waals surface area contributed by atoms with E-state index >= 15 is 0 Å². The molecule has 2 fully saturated rings. The molecule has 2 aromatic rings. The number of aliphatic hydroxyl groups excluding tert-OH is 1. The van der Waals surface area contributed by atoms with Crippen molar-refractivity contribution in [2.45, 2.75) is 44.7 Å². The first kappa shape index (κ1) is 21.6. The molecule has 0 bridgehead atoms. The second-order valence-corrected chi connectivity index (χ2v) is 9.45. The van der Waals surface area contributed by atoms with Crippen LogP contribution in [0.4, 0.5) is 5.69 Å². The van der Waals surface area contributed by atoms with E-state index in [1.807, 2.05) is 62.3 Å². The Morgan fingerprint density at radius 2 is 1.71 bits per heavy atom. The molecule has 0 spiro atoms. The second kappa shape index (κ2) is 8.50. The Balaban J connectivity index is 1.87. The molecule has 1 unspecified atom stereocenters. The Morgan fingerprint density at radius 3 is 2.29 bits per heavy atom. The molecule has 1 saturated carbocycles. The average molecular weight is 483 g/mol. The van der Waals surface area contributed by atoms with E-state index in [9.17, 15) is 14.7 Å². The molecule has 2 aromatic carbocycles. The molecule has 1 aliphatic heterocycles. The van der Waals surface area contributed by atoms with Crippen molar-refractivity contribution in [2.75, 3.05) is 19.0 Å². The SMILES string of the molecule is Cc1cc(/C(O)=C2/C(=O)C(=O)N(C3CCCC3)C2c2ccc(N(C)C)cc2)ccc1Br. The van der Waals surface area contributed by atoms with Crippen LogP contribution in [-0.2, 0) is 9.59 Å². The number of carbonyl (C=O) groups excluding carboxylic acids is 2. The van der Waals surface area contributed by atoms with E-state index in [1.165, 1.54) is 0 Å². The number of nitrogens with zero attached hydrogens (tertiary/aromatic N) is 2. The molecule has 0 aromatic heterocycles. The van der Waals surface area contributed by atoms with Gasteiger partial charge in [0.15, 0.2) is 0 Å². The summed E-state index contributed by atoms with van der Waals surface area (Å²) in [6.45, 7) is 1.93. The number of aryl methyl sites for hydroxylation is 1. The highest BCUT2D eigenvalue weighted by Gasteiger charge is 2.49. The molecule has 1 saturated heterocycles. The highest BCUT2D eigenvalue weighted by Crippen LogP contribution is 2.43. The lowest BCUT2D eigenvalue weighted by Crippen LogP contribution is -2.37. The van der Waals surface area contributed by atoms with Crippen molar-refractivity contribution in [3.8, 4) is 0 Å². The molecule has 1 atom stereocenters. The van der Waals surface area contributed by atoms with E-state index < -0.39 is 17.7 Å². The van der Waals surface area contributed by atoms with Crippen LogP contribution in [-0.4, -0.2) is 41.8 Å². The zero-order chi connectivity index (χ0) is 22.3. The maximum absolute atomic E-state index is 13.2. The molecule has 162 valence electrons. The van der Waals surface area contributed by atoms with Gasteiger partial charge in [-0.05, 0) is 55.2 Å². The molecular formula is C25H27BrN2O3. The fraction of sp³-hybridized carbons (Fsp3) is 0.360. The molecule has 1 N–H and O–H groups in total. The summed E-state index contributed by atoms with van der Waals surface area (Å²) in [5.41, 5.74) is 3.54. The number of hydrogen-bond donors (Lipinski definition) is 1. The van der Waals surface area contributed by atoms with Gasteiger partial charge < -0.3 is 14.9 Å². The minimum atomic E-state index is -0.605. The van der Waals surface area contributed by atoms with Crippen LogP contribution in [0, 0.1) is 6.92 Å². The monoisotopic (exact) mass is 482 g/mol. The molecule has 1 amide bonds. The van der Waals surface area contributed by atoms with E-state index in [0.29, 0.717) is 5.56 Å². The van der Waals surface area contributed by atoms with Crippen LogP contribution < -0.4 is 4.90 Å². The van der Waals surface area contributed by atoms with Crippen LogP contribution in [0.2, 0.25) is 0 Å². The molecule has 2 aliphatic rings. The highest BCUT2D eigenvalue weighted by molar-refractivity contribution is 9.10. The maximum atomic E-state index is 13.2. The standard InChI is InChI=1S/C25H27BrN2O3/c1-15-14-17(10-13-20(15)26)23(29)21-22(16-8-11-18(12-9-16)27(2)3)28(25(31)24(21)30)19-6-4-5-7-19/h8-14,19,22,29H,4-7H2,1-3H3/b23-21-. The van der Waals surface area contributed by atoms with Crippen molar-refractivity contribution in [3.63, 3.8) is 0 Å². The van der Waals surface area contributed by atoms with Gasteiger partial charge >= 0.3 is 0 Å². The first-order valence-electron chi connectivity index (χ1n) is 10.6. The predicted molar refractivity (Wildman–Crippen MR) is 126 cm³/mol. The highest BCUT2D eigenvalue weighted by atomic mass is 79.9. The maximum Gasteiger partial charge on any atom is 0.295 e. The van der Waals surface area contributed by atoms with Crippen LogP contribution in [0.15, 0.2) is 52.5 Å². The predicted octanol–water partition coefficient (Wildman–Crippen LogP) is 5.19. The number of benzene rings is 2. The minimum absolute atomic E-state index is 0.0203. The molecule has 5 nitrogen and oxygen atoms in total. The van der Waals surface area contributed by atoms with Gasteiger partial charge in [-0.1, -0.05) is 47.0 Å². The van der Waals surface area contributed by atoms with Gasteiger partial charge in [0, 0.05) is 35.9 Å². The van der Waals surface area contributed by atoms with Gasteiger partial charge in [0.25, 0.3) is 11.7 Å². The fourth-order valence-electron chi connectivity index (χ4n) is 4.64. The number of aliphatic hydroxyl groups is 1. The first-order chi connectivity index (χ1) is 14.8. The van der Waals surface area contributed by atoms with E-state index in [1.54, 1.807) is 11.0 Å². The first-order valence-corrected chi connectivity index (χ1v) is 11.4. The van der Waals surface area contributed by atoms with Gasteiger partial charge in [-0.15, -0.1) is 0 Å². The summed E-state index contributed by atoms with van der Waals surface area (Å²) < 4.78 is 0.922. The van der Waals surface area contributed by atoms with Crippen LogP contribution in [0.5, 0.6) is 0 Å². The van der Waals surface area contributed by atoms with Crippen LogP contribution in [0.25, 0.3) is 5.76 Å². The Bertz CT molecular complexity index is 1050. The molecule has 6 heteroatoms. The Labute approximate surface area is 191 Å². The third-order valence-electron chi connectivity index (χ3n) is 6.35. The number of carbonyl (C=O) groups is 2. The summed E-state index contributed by atoms with van der Waals surface area (Å²) in [5.74, 6) is -1.23. The van der Waals surface area contributed by atoms with Crippen molar-refractivity contribution in [2.24, 2.45) is 0 Å². The van der Waals surface area contributed by atoms with Crippen molar-refractivity contribution >= 4 is 39.1 Å². The number of hydrogen-bond acceptors (Lipinski definition) is 4. The average Bonchev–Trinajstić information content (AvgIpc) is 3.36. The number of rotatable bonds is 4. The largest absolute Gasteiger partial charge is 0.507 e. The van der Waals surface area contributed by atoms with Crippen LogP contribution in [0.1, 0.15) is 48.4 Å². The lowest BCUT2D eigenvalue weighted by molar-refractivity contribution is -0.141. The zero-order valence-electron chi connectivity index (χ0n) is 18.1. The lowest BCUT2D eigenvalue weighted by atomic mass is 9.94. The van der Waals surface area contributed by atoms with E-state index in [2.05, 4.69) is 15.9 Å². The van der Waals surface area contributed by atoms with Crippen molar-refractivity contribution in [1.82, 2.24) is 4.90 Å². The smallest absolute Gasteiger partial charge is 0.295 e. The molecule has 1 heterocycles. The van der Waals surface area contributed by atoms with Crippen LogP contribution in [0.3, 0.4) is 0 Å². The van der Waals surface area contributed by atoms with Gasteiger partial charge in [0.05, 0.1) is 11.6 Å². The minimum Gasteiger partial charge on any atom is -0.507 e. The van der Waals surface area contributed by atoms with Gasteiger partial charge in [0.2, 0.25) is 0 Å². The van der Waals surface area contributed by atoms with Gasteiger partial charge in [-0.2, -0.15) is 0 Å². The van der Waals surface area contributed by atoms with Gasteiger partial charge in [-0.25, -0.2) is 0 Å². The summed E-state index contributed by atoms with van der Waals surface area (Å²) in [4.78, 5) is 30.0. The Hall–Kier alpha value is -2.60. The van der Waals surface area contributed by atoms with Crippen molar-refractivity contribution in [1.29, 1.82) is 0 Å². The molecule has 4 rings (SSSR count). The van der Waals surface area contributed by atoms with E-state index in [4.69, 9.17) is 0 Å². The molecule has 31 heavy (non-hydrogen) atoms. The Kier molecular flexibility index (Phi) is 5.93. The topological polar surface area (TPSA) is 60.9 Å². The quantitative estimate of drug-likeness (QED) is 0.370. The zero-order valence-corrected chi connectivity index (χ0v) is 19.6. The van der Waals surface area contributed by atoms with E-state index in [-0.39, 0.29) is 17.4 Å². The number of amides is 1. The normalized spacial score (nSPS) is 21.2. The molecule has 0 radical (unpaired) electrons. The van der Waals surface area contributed by atoms with Gasteiger partial charge in [0.1, 0.15) is 5.76 Å². The summed E-state index contributed by atoms with van der Waals surface area (Å²) in [7, 11) is 3.94. The number of ketones is 1. The lowest BCUT2D eigenvalue weighted by Gasteiger charge is -2.31. The number of Topliss-reactive ketones (excluding diaryl/α,β-unsaturated/α-hetero) is 1. The summed E-state index contributed by atoms with van der Waals surface area (Å²) >= 11 is 3.47. The number of halogens is 1.